The van der Waals surface area contributed by atoms with Crippen LogP contribution in [0.1, 0.15) is 53.1 Å². The van der Waals surface area contributed by atoms with Crippen molar-refractivity contribution in [3.8, 4) is 23.0 Å². The number of likely N-dealkylation sites (tertiary alicyclic amines) is 1. The number of amides is 5. The number of quaternary nitrogens is 1. The molecule has 2 fully saturated rings. The number of aliphatic carboxylic acids is 2. The van der Waals surface area contributed by atoms with Crippen LogP contribution in [0.2, 0.25) is 10.0 Å². The van der Waals surface area contributed by atoms with Gasteiger partial charge >= 0.3 is 5.97 Å². The van der Waals surface area contributed by atoms with Gasteiger partial charge in [-0.25, -0.2) is 9.78 Å². The second kappa shape index (κ2) is 20.8. The normalized spacial score (nSPS) is 17.7. The molecule has 364 valence electrons. The number of anilines is 1. The summed E-state index contributed by atoms with van der Waals surface area (Å²) in [7, 11) is 0. The Morgan fingerprint density at radius 2 is 1.59 bits per heavy atom. The van der Waals surface area contributed by atoms with Gasteiger partial charge in [-0.05, 0) is 38.1 Å². The topological polar surface area (TPSA) is 347 Å². The average Bonchev–Trinajstić information content (AvgIpc) is 3.95. The number of hydrogen-bond acceptors (Lipinski definition) is 18. The molecule has 0 aliphatic carbocycles. The molecule has 0 saturated carbocycles. The Morgan fingerprint density at radius 3 is 2.15 bits per heavy atom. The number of aromatic hydroxyl groups is 4. The number of nitrogens with one attached hydrogen (secondary N) is 3. The molecule has 0 bridgehead atoms. The first-order valence-corrected chi connectivity index (χ1v) is 23.2. The summed E-state index contributed by atoms with van der Waals surface area (Å²) in [4.78, 5) is 103. The third-order valence-electron chi connectivity index (χ3n) is 11.4. The summed E-state index contributed by atoms with van der Waals surface area (Å²) >= 11 is 14.3. The number of carboxylic acids is 2. The van der Waals surface area contributed by atoms with Crippen LogP contribution >= 0.6 is 46.3 Å². The number of hydrogen-bond donors (Lipinski definition) is 9. The van der Waals surface area contributed by atoms with Crippen LogP contribution in [-0.2, 0) is 28.8 Å². The molecule has 3 aliphatic heterocycles. The summed E-state index contributed by atoms with van der Waals surface area (Å²) in [5.74, 6) is -9.37. The molecule has 23 nitrogen and oxygen atoms in total. The summed E-state index contributed by atoms with van der Waals surface area (Å²) in [6, 6.07) is 3.23. The van der Waals surface area contributed by atoms with E-state index in [9.17, 15) is 64.2 Å². The number of thioether (sulfide) groups is 1. The monoisotopic (exact) mass is 1020 g/mol. The first-order chi connectivity index (χ1) is 32.1. The van der Waals surface area contributed by atoms with Gasteiger partial charge in [0, 0.05) is 42.6 Å². The third-order valence-corrected chi connectivity index (χ3v) is 14.2. The number of aromatic nitrogens is 1. The van der Waals surface area contributed by atoms with Gasteiger partial charge in [0.2, 0.25) is 11.5 Å². The largest absolute Gasteiger partial charge is 0.543 e. The van der Waals surface area contributed by atoms with Gasteiger partial charge in [-0.1, -0.05) is 28.4 Å². The Kier molecular flexibility index (Phi) is 15.5. The Bertz CT molecular complexity index is 2620. The van der Waals surface area contributed by atoms with Crippen LogP contribution in [0.25, 0.3) is 0 Å². The zero-order valence-corrected chi connectivity index (χ0v) is 39.3. The lowest BCUT2D eigenvalue weighted by atomic mass is 10.0. The number of nitrogens with two attached hydrogens (primary N) is 1. The van der Waals surface area contributed by atoms with E-state index in [1.165, 1.54) is 42.0 Å². The molecule has 5 amide bonds. The maximum absolute atomic E-state index is 13.8. The van der Waals surface area contributed by atoms with Gasteiger partial charge in [-0.3, -0.25) is 28.9 Å². The fourth-order valence-corrected chi connectivity index (χ4v) is 9.96. The highest BCUT2D eigenvalue weighted by molar-refractivity contribution is 8.00. The minimum atomic E-state index is -1.85. The molecule has 2 atom stereocenters. The SMILES string of the molecule is CC(C)(O/N=C(\C(=O)N[C@@H]1C(=O)N2C(C(=O)[O-])=C(C[N+]3(CCN(CCNC(=O)c4ccc(O)c(O)c4Cl)C(=O)CNC(=O)c4ccc(O)c(O)c4Cl)CCCC3)CS[C@H]12)c1csc(N)n1)C(=O)O. The van der Waals surface area contributed by atoms with E-state index in [4.69, 9.17) is 33.8 Å². The Balaban J connectivity index is 1.18. The van der Waals surface area contributed by atoms with Crippen molar-refractivity contribution in [2.45, 2.75) is 43.7 Å². The molecule has 3 aromatic rings. The standard InChI is InChI=1S/C41H45Cl2N9O14S2/c1-41(2,39(64)65)66-49-28(22-18-68-40(44)47-22)35(60)48-29-36(61)51-30(38(62)63)19(17-67-37(29)51)16-52(12-3-4-13-52)14-11-50(10-9-45-33(58)20-5-7-23(53)31(56)26(20)42)25(55)15-46-34(59)21-6-8-24(54)32(57)27(21)43/h5-8,18,29,37H,3-4,9-17H2,1-2H3,(H10-,44,45,46,47,48,49,53,54,56,57,58,59,60,62,63,64,65)/t29-,37-/m1/s1. The van der Waals surface area contributed by atoms with Gasteiger partial charge < -0.3 is 71.3 Å². The number of carbonyl (C=O) groups is 7. The van der Waals surface area contributed by atoms with Crippen molar-refractivity contribution in [3.05, 3.63) is 67.8 Å². The van der Waals surface area contributed by atoms with Crippen LogP contribution < -0.4 is 26.8 Å². The molecule has 0 spiro atoms. The number of carboxylic acid groups (broad SMARTS) is 2. The van der Waals surface area contributed by atoms with Gasteiger partial charge in [0.05, 0.1) is 65.6 Å². The molecular weight excluding hydrogens is 978 g/mol. The molecule has 2 aromatic carbocycles. The van der Waals surface area contributed by atoms with Crippen molar-refractivity contribution in [2.24, 2.45) is 5.16 Å². The maximum atomic E-state index is 13.8. The van der Waals surface area contributed by atoms with Gasteiger partial charge in [0.1, 0.15) is 23.7 Å². The van der Waals surface area contributed by atoms with Gasteiger partial charge in [-0.2, -0.15) is 0 Å². The number of β-lactam (4-membered cyclic amide) rings is 1. The summed E-state index contributed by atoms with van der Waals surface area (Å²) in [5.41, 5.74) is 2.99. The lowest BCUT2D eigenvalue weighted by Crippen LogP contribution is -2.72. The van der Waals surface area contributed by atoms with Crippen LogP contribution in [0.4, 0.5) is 5.13 Å². The molecule has 1 aromatic heterocycles. The lowest BCUT2D eigenvalue weighted by Gasteiger charge is -2.51. The molecule has 2 saturated heterocycles. The average molecular weight is 1020 g/mol. The van der Waals surface area contributed by atoms with E-state index in [2.05, 4.69) is 26.1 Å². The first kappa shape index (κ1) is 50.9. The molecule has 27 heteroatoms. The van der Waals surface area contributed by atoms with Crippen molar-refractivity contribution in [3.63, 3.8) is 0 Å². The number of phenolic OH excluding ortho intramolecular Hbond substituents is 4. The Hall–Kier alpha value is -6.54. The smallest absolute Gasteiger partial charge is 0.350 e. The maximum Gasteiger partial charge on any atom is 0.350 e. The number of thiazole rings is 1. The zero-order valence-electron chi connectivity index (χ0n) is 36.1. The molecule has 6 rings (SSSR count). The fourth-order valence-electron chi connectivity index (χ4n) is 7.59. The molecule has 10 N–H and O–H groups in total. The van der Waals surface area contributed by atoms with E-state index >= 15 is 0 Å². The zero-order chi connectivity index (χ0) is 49.8. The number of nitrogen functional groups attached to an aromatic ring is 1. The number of fused-ring (bicyclic) bond motifs is 1. The molecular formula is C41H45Cl2N9O14S2. The predicted molar refractivity (Wildman–Crippen MR) is 243 cm³/mol. The highest BCUT2D eigenvalue weighted by Crippen LogP contribution is 2.42. The van der Waals surface area contributed by atoms with Crippen LogP contribution in [0, 0.1) is 0 Å². The van der Waals surface area contributed by atoms with E-state index in [0.717, 1.165) is 47.3 Å². The van der Waals surface area contributed by atoms with Crippen molar-refractivity contribution in [1.82, 2.24) is 30.7 Å². The van der Waals surface area contributed by atoms with Crippen LogP contribution in [0.3, 0.4) is 0 Å². The number of halogens is 2. The second-order valence-electron chi connectivity index (χ2n) is 16.3. The molecule has 3 aliphatic rings. The van der Waals surface area contributed by atoms with Crippen molar-refractivity contribution >= 4 is 98.6 Å². The number of nitrogens with zero attached hydrogens (tertiary/aromatic N) is 5. The number of rotatable bonds is 19. The summed E-state index contributed by atoms with van der Waals surface area (Å²) in [5, 5.41) is 72.9. The van der Waals surface area contributed by atoms with Crippen molar-refractivity contribution in [1.29, 1.82) is 0 Å². The summed E-state index contributed by atoms with van der Waals surface area (Å²) in [6.45, 7) is 3.06. The summed E-state index contributed by atoms with van der Waals surface area (Å²) in [6.07, 6.45) is 1.48. The molecule has 68 heavy (non-hydrogen) atoms. The number of oxime groups is 1. The van der Waals surface area contributed by atoms with E-state index in [0.29, 0.717) is 18.7 Å². The van der Waals surface area contributed by atoms with Crippen LogP contribution in [0.15, 0.2) is 46.1 Å². The van der Waals surface area contributed by atoms with Gasteiger partial charge in [0.15, 0.2) is 33.8 Å². The predicted octanol–water partition coefficient (Wildman–Crippen LogP) is 0.142. The summed E-state index contributed by atoms with van der Waals surface area (Å²) < 4.78 is 0.274. The van der Waals surface area contributed by atoms with Crippen molar-refractivity contribution < 1.29 is 73.5 Å². The van der Waals surface area contributed by atoms with Crippen LogP contribution in [-0.4, -0.2) is 167 Å². The quantitative estimate of drug-likeness (QED) is 0.0254. The first-order valence-electron chi connectivity index (χ1n) is 20.6. The molecule has 4 heterocycles. The lowest BCUT2D eigenvalue weighted by molar-refractivity contribution is -0.911. The number of phenols is 4. The number of carbonyl (C=O) groups excluding carboxylic acids is 6. The highest BCUT2D eigenvalue weighted by Gasteiger charge is 2.54. The molecule has 0 radical (unpaired) electrons. The minimum Gasteiger partial charge on any atom is -0.543 e. The van der Waals surface area contributed by atoms with E-state index < -0.39 is 104 Å². The highest BCUT2D eigenvalue weighted by atomic mass is 35.5. The van der Waals surface area contributed by atoms with Crippen LogP contribution in [0.5, 0.6) is 23.0 Å². The Morgan fingerprint density at radius 1 is 0.985 bits per heavy atom. The second-order valence-corrected chi connectivity index (χ2v) is 19.1. The number of benzene rings is 2. The minimum absolute atomic E-state index is 0.0222. The van der Waals surface area contributed by atoms with E-state index in [-0.39, 0.29) is 70.6 Å². The van der Waals surface area contributed by atoms with Crippen molar-refractivity contribution in [2.75, 3.05) is 63.8 Å². The Labute approximate surface area is 404 Å². The van der Waals surface area contributed by atoms with Gasteiger partial charge in [0.25, 0.3) is 23.6 Å². The van der Waals surface area contributed by atoms with E-state index in [1.54, 1.807) is 0 Å². The van der Waals surface area contributed by atoms with E-state index in [1.807, 2.05) is 0 Å². The molecule has 0 unspecified atom stereocenters. The fraction of sp³-hybridized carbons (Fsp3) is 0.390. The van der Waals surface area contributed by atoms with Gasteiger partial charge in [-0.15, -0.1) is 23.1 Å². The third kappa shape index (κ3) is 10.9.